The molecule has 0 spiro atoms. The maximum absolute atomic E-state index is 13.6. The van der Waals surface area contributed by atoms with Gasteiger partial charge in [0.2, 0.25) is 5.54 Å². The van der Waals surface area contributed by atoms with Crippen molar-refractivity contribution in [2.45, 2.75) is 17.6 Å². The predicted molar refractivity (Wildman–Crippen MR) is 112 cm³/mol. The van der Waals surface area contributed by atoms with E-state index in [0.717, 1.165) is 5.56 Å². The predicted octanol–water partition coefficient (Wildman–Crippen LogP) is 2.98. The number of aliphatic hydroxyl groups excluding tert-OH is 1. The van der Waals surface area contributed by atoms with Crippen LogP contribution in [0.15, 0.2) is 83.6 Å². The summed E-state index contributed by atoms with van der Waals surface area (Å²) < 4.78 is 6.05. The van der Waals surface area contributed by atoms with Crippen LogP contribution in [0.5, 0.6) is 0 Å². The summed E-state index contributed by atoms with van der Waals surface area (Å²) in [7, 11) is 3.16. The Hall–Kier alpha value is -3.38. The van der Waals surface area contributed by atoms with Gasteiger partial charge in [-0.05, 0) is 23.3 Å². The average Bonchev–Trinajstić information content (AvgIpc) is 3.01. The van der Waals surface area contributed by atoms with E-state index < -0.39 is 11.1 Å². The molecule has 148 valence electrons. The summed E-state index contributed by atoms with van der Waals surface area (Å²) in [6.07, 6.45) is 3.55. The maximum Gasteiger partial charge on any atom is 0.265 e. The van der Waals surface area contributed by atoms with Crippen LogP contribution in [0, 0.1) is 0 Å². The van der Waals surface area contributed by atoms with Crippen molar-refractivity contribution < 1.29 is 14.6 Å². The van der Waals surface area contributed by atoms with Crippen LogP contribution in [0.25, 0.3) is 5.57 Å². The van der Waals surface area contributed by atoms with Gasteiger partial charge < -0.3 is 15.6 Å². The number of methoxy groups -OCH3 is 1. The lowest BCUT2D eigenvalue weighted by Crippen LogP contribution is -2.57. The first kappa shape index (κ1) is 19.0. The number of rotatable bonds is 4. The molecular weight excluding hydrogens is 366 g/mol. The number of hydrogen-bond acceptors (Lipinski definition) is 5. The number of carbonyl (C=O) groups is 1. The second kappa shape index (κ2) is 6.90. The minimum atomic E-state index is -1.40. The molecule has 1 aliphatic heterocycles. The molecule has 0 aromatic heterocycles. The Morgan fingerprint density at radius 3 is 2.28 bits per heavy atom. The molecule has 1 heterocycles. The molecule has 6 nitrogen and oxygen atoms in total. The van der Waals surface area contributed by atoms with Crippen molar-refractivity contribution in [1.82, 2.24) is 4.90 Å². The number of nitrogens with zero attached hydrogens (tertiary/aromatic N) is 2. The molecule has 6 heteroatoms. The van der Waals surface area contributed by atoms with E-state index in [1.54, 1.807) is 26.3 Å². The van der Waals surface area contributed by atoms with Crippen LogP contribution < -0.4 is 5.73 Å². The summed E-state index contributed by atoms with van der Waals surface area (Å²) in [5.41, 5.74) is 5.73. The van der Waals surface area contributed by atoms with E-state index in [4.69, 9.17) is 10.5 Å². The van der Waals surface area contributed by atoms with Gasteiger partial charge in [0.1, 0.15) is 11.4 Å². The molecule has 3 N–H and O–H groups in total. The van der Waals surface area contributed by atoms with Crippen molar-refractivity contribution in [3.8, 4) is 0 Å². The highest BCUT2D eigenvalue weighted by molar-refractivity contribution is 6.08. The van der Waals surface area contributed by atoms with Gasteiger partial charge in [0.15, 0.2) is 5.96 Å². The van der Waals surface area contributed by atoms with Gasteiger partial charge in [-0.2, -0.15) is 0 Å². The standard InChI is InChI=1S/C23H23N3O3/c1-26-20(28)23(25-21(26)24,17-11-7-4-8-12-17)22(29-2)14-13-19(27)18(15-22)16-9-5-3-6-10-16/h3-14,27H,15H2,1-2H3,(H2,24,25). The Bertz CT molecular complexity index is 1030. The molecule has 0 radical (unpaired) electrons. The van der Waals surface area contributed by atoms with Crippen LogP contribution in [0.4, 0.5) is 0 Å². The summed E-state index contributed by atoms with van der Waals surface area (Å²) in [6, 6.07) is 18.8. The molecule has 2 unspecified atom stereocenters. The largest absolute Gasteiger partial charge is 0.508 e. The van der Waals surface area contributed by atoms with E-state index in [1.165, 1.54) is 4.90 Å². The minimum absolute atomic E-state index is 0.128. The number of aliphatic hydroxyl groups is 1. The van der Waals surface area contributed by atoms with Gasteiger partial charge in [-0.25, -0.2) is 4.99 Å². The molecular formula is C23H23N3O3. The van der Waals surface area contributed by atoms with Crippen molar-refractivity contribution in [3.05, 3.63) is 89.7 Å². The number of nitrogens with two attached hydrogens (primary N) is 1. The SMILES string of the molecule is COC1(C2(c3ccccc3)N=C(N)N(C)C2=O)C=CC(O)=C(c2ccccc2)C1. The van der Waals surface area contributed by atoms with E-state index in [1.807, 2.05) is 60.7 Å². The zero-order chi connectivity index (χ0) is 20.6. The fraction of sp³-hybridized carbons (Fsp3) is 0.217. The van der Waals surface area contributed by atoms with Crippen molar-refractivity contribution in [2.75, 3.05) is 14.2 Å². The Kier molecular flexibility index (Phi) is 4.51. The van der Waals surface area contributed by atoms with Gasteiger partial charge in [0, 0.05) is 26.2 Å². The monoisotopic (exact) mass is 389 g/mol. The van der Waals surface area contributed by atoms with Crippen molar-refractivity contribution in [3.63, 3.8) is 0 Å². The Labute approximate surface area is 169 Å². The van der Waals surface area contributed by atoms with E-state index in [2.05, 4.69) is 4.99 Å². The molecule has 29 heavy (non-hydrogen) atoms. The van der Waals surface area contributed by atoms with Crippen molar-refractivity contribution in [2.24, 2.45) is 10.7 Å². The normalized spacial score (nSPS) is 26.8. The van der Waals surface area contributed by atoms with Crippen LogP contribution in [0.2, 0.25) is 0 Å². The third kappa shape index (κ3) is 2.68. The lowest BCUT2D eigenvalue weighted by atomic mass is 9.68. The van der Waals surface area contributed by atoms with Crippen LogP contribution in [0.3, 0.4) is 0 Å². The van der Waals surface area contributed by atoms with Gasteiger partial charge in [-0.1, -0.05) is 60.7 Å². The van der Waals surface area contributed by atoms with Gasteiger partial charge >= 0.3 is 0 Å². The number of guanidine groups is 1. The molecule has 2 aromatic carbocycles. The lowest BCUT2D eigenvalue weighted by Gasteiger charge is -2.44. The summed E-state index contributed by atoms with van der Waals surface area (Å²) in [6.45, 7) is 0. The number of hydrogen-bond donors (Lipinski definition) is 2. The third-order valence-electron chi connectivity index (χ3n) is 5.79. The Morgan fingerprint density at radius 1 is 1.10 bits per heavy atom. The Balaban J connectivity index is 1.93. The molecule has 2 aromatic rings. The second-order valence-corrected chi connectivity index (χ2v) is 7.24. The fourth-order valence-corrected chi connectivity index (χ4v) is 4.18. The summed E-state index contributed by atoms with van der Waals surface area (Å²) >= 11 is 0. The van der Waals surface area contributed by atoms with Crippen molar-refractivity contribution in [1.29, 1.82) is 0 Å². The summed E-state index contributed by atoms with van der Waals surface area (Å²) in [4.78, 5) is 19.6. The molecule has 2 aliphatic rings. The van der Waals surface area contributed by atoms with Crippen LogP contribution in [-0.4, -0.2) is 41.6 Å². The van der Waals surface area contributed by atoms with Gasteiger partial charge in [-0.15, -0.1) is 0 Å². The van der Waals surface area contributed by atoms with Gasteiger partial charge in [-0.3, -0.25) is 9.69 Å². The molecule has 0 bridgehead atoms. The molecule has 2 atom stereocenters. The first-order valence-corrected chi connectivity index (χ1v) is 9.36. The maximum atomic E-state index is 13.6. The first-order chi connectivity index (χ1) is 13.9. The molecule has 4 rings (SSSR count). The minimum Gasteiger partial charge on any atom is -0.508 e. The number of benzene rings is 2. The first-order valence-electron chi connectivity index (χ1n) is 9.36. The topological polar surface area (TPSA) is 88.2 Å². The third-order valence-corrected chi connectivity index (χ3v) is 5.79. The number of allylic oxidation sites excluding steroid dienone is 1. The number of amides is 1. The summed E-state index contributed by atoms with van der Waals surface area (Å²) in [5.74, 6) is -0.00643. The summed E-state index contributed by atoms with van der Waals surface area (Å²) in [5, 5.41) is 10.6. The van der Waals surface area contributed by atoms with E-state index in [0.29, 0.717) is 11.1 Å². The van der Waals surface area contributed by atoms with Crippen LogP contribution >= 0.6 is 0 Å². The highest BCUT2D eigenvalue weighted by Gasteiger charge is 2.62. The average molecular weight is 389 g/mol. The van der Waals surface area contributed by atoms with E-state index >= 15 is 0 Å². The van der Waals surface area contributed by atoms with Crippen molar-refractivity contribution >= 4 is 17.4 Å². The number of ether oxygens (including phenoxy) is 1. The highest BCUT2D eigenvalue weighted by Crippen LogP contribution is 2.50. The fourth-order valence-electron chi connectivity index (χ4n) is 4.18. The zero-order valence-electron chi connectivity index (χ0n) is 16.4. The Morgan fingerprint density at radius 2 is 1.72 bits per heavy atom. The number of carbonyl (C=O) groups excluding carboxylic acids is 1. The van der Waals surface area contributed by atoms with Gasteiger partial charge in [0.05, 0.1) is 0 Å². The number of aliphatic imine (C=N–C) groups is 1. The van der Waals surface area contributed by atoms with Crippen LogP contribution in [0.1, 0.15) is 17.5 Å². The lowest BCUT2D eigenvalue weighted by molar-refractivity contribution is -0.140. The highest BCUT2D eigenvalue weighted by atomic mass is 16.5. The van der Waals surface area contributed by atoms with Gasteiger partial charge in [0.25, 0.3) is 5.91 Å². The smallest absolute Gasteiger partial charge is 0.265 e. The number of likely N-dealkylation sites (N-methyl/N-ethyl adjacent to an activating group) is 1. The molecule has 1 aliphatic carbocycles. The van der Waals surface area contributed by atoms with E-state index in [9.17, 15) is 9.90 Å². The van der Waals surface area contributed by atoms with Crippen LogP contribution in [-0.2, 0) is 15.1 Å². The van der Waals surface area contributed by atoms with E-state index in [-0.39, 0.29) is 24.0 Å². The molecule has 0 saturated heterocycles. The molecule has 0 saturated carbocycles. The zero-order valence-corrected chi connectivity index (χ0v) is 16.4. The molecule has 0 fully saturated rings. The second-order valence-electron chi connectivity index (χ2n) is 7.24. The molecule has 1 amide bonds. The quantitative estimate of drug-likeness (QED) is 0.841.